The summed E-state index contributed by atoms with van der Waals surface area (Å²) in [6.07, 6.45) is 0. The molecule has 1 N–H and O–H groups in total. The smallest absolute Gasteiger partial charge is 0.240 e. The number of amides is 1. The van der Waals surface area contributed by atoms with Gasteiger partial charge in [0.1, 0.15) is 0 Å². The van der Waals surface area contributed by atoms with E-state index in [1.807, 2.05) is 0 Å². The molecule has 1 aliphatic rings. The van der Waals surface area contributed by atoms with E-state index in [-0.39, 0.29) is 5.91 Å². The van der Waals surface area contributed by atoms with Crippen molar-refractivity contribution in [2.75, 3.05) is 31.9 Å². The fraction of sp³-hybridized carbons (Fsp3) is 0.778. The van der Waals surface area contributed by atoms with E-state index in [4.69, 9.17) is 0 Å². The highest BCUT2D eigenvalue weighted by Crippen LogP contribution is 2.08. The maximum atomic E-state index is 11.5. The van der Waals surface area contributed by atoms with Crippen molar-refractivity contribution >= 4 is 22.8 Å². The van der Waals surface area contributed by atoms with Crippen molar-refractivity contribution < 1.29 is 4.79 Å². The van der Waals surface area contributed by atoms with E-state index in [1.54, 1.807) is 11.8 Å². The molecule has 1 rings (SSSR count). The summed E-state index contributed by atoms with van der Waals surface area (Å²) in [5, 5.41) is 3.59. The Balaban J connectivity index is 2.27. The molecule has 1 amide bonds. The summed E-state index contributed by atoms with van der Waals surface area (Å²) < 4.78 is 0. The van der Waals surface area contributed by atoms with Crippen LogP contribution in [0.5, 0.6) is 0 Å². The van der Waals surface area contributed by atoms with Crippen LogP contribution < -0.4 is 5.32 Å². The van der Waals surface area contributed by atoms with Crippen LogP contribution in [-0.2, 0) is 4.79 Å². The molecule has 5 heteroatoms. The Labute approximate surface area is 89.1 Å². The molecule has 0 fully saturated rings. The molecule has 0 spiro atoms. The van der Waals surface area contributed by atoms with Gasteiger partial charge in [-0.1, -0.05) is 25.6 Å². The maximum Gasteiger partial charge on any atom is 0.240 e. The lowest BCUT2D eigenvalue weighted by atomic mass is 10.4. The number of hydrogen-bond acceptors (Lipinski definition) is 4. The van der Waals surface area contributed by atoms with E-state index in [0.717, 1.165) is 30.6 Å². The fourth-order valence-electron chi connectivity index (χ4n) is 1.22. The molecule has 14 heavy (non-hydrogen) atoms. The highest BCUT2D eigenvalue weighted by Gasteiger charge is 2.12. The number of amidine groups is 1. The molecule has 4 nitrogen and oxygen atoms in total. The van der Waals surface area contributed by atoms with Gasteiger partial charge in [0.25, 0.3) is 0 Å². The first kappa shape index (κ1) is 11.5. The molecule has 0 aromatic rings. The van der Waals surface area contributed by atoms with Crippen LogP contribution in [0, 0.1) is 0 Å². The maximum absolute atomic E-state index is 11.5. The molecule has 0 saturated carbocycles. The number of nitrogens with one attached hydrogen (secondary N) is 1. The van der Waals surface area contributed by atoms with Crippen molar-refractivity contribution in [2.24, 2.45) is 4.99 Å². The van der Waals surface area contributed by atoms with Crippen LogP contribution in [0.3, 0.4) is 0 Å². The number of carbonyl (C=O) groups excluding carboxylic acids is 1. The molecule has 1 aliphatic heterocycles. The summed E-state index contributed by atoms with van der Waals surface area (Å²) in [7, 11) is 0. The molecule has 0 aromatic heterocycles. The van der Waals surface area contributed by atoms with E-state index in [1.165, 1.54) is 0 Å². The minimum atomic E-state index is 0.0434. The summed E-state index contributed by atoms with van der Waals surface area (Å²) >= 11 is 1.61. The normalized spacial score (nSPS) is 15.8. The molecule has 80 valence electrons. The molecule has 0 unspecified atom stereocenters. The second kappa shape index (κ2) is 6.03. The van der Waals surface area contributed by atoms with Crippen molar-refractivity contribution in [1.82, 2.24) is 10.2 Å². The van der Waals surface area contributed by atoms with Gasteiger partial charge in [-0.3, -0.25) is 14.7 Å². The quantitative estimate of drug-likeness (QED) is 0.745. The van der Waals surface area contributed by atoms with Gasteiger partial charge in [0.05, 0.1) is 13.1 Å². The van der Waals surface area contributed by atoms with Gasteiger partial charge in [0, 0.05) is 5.75 Å². The van der Waals surface area contributed by atoms with E-state index in [2.05, 4.69) is 29.1 Å². The predicted octanol–water partition coefficient (Wildman–Crippen LogP) is 0.547. The molecular formula is C9H17N3OS. The van der Waals surface area contributed by atoms with Crippen LogP contribution in [0.2, 0.25) is 0 Å². The first-order valence-corrected chi connectivity index (χ1v) is 5.94. The number of rotatable bonds is 4. The Morgan fingerprint density at radius 3 is 2.79 bits per heavy atom. The van der Waals surface area contributed by atoms with E-state index in [0.29, 0.717) is 6.54 Å². The lowest BCUT2D eigenvalue weighted by Crippen LogP contribution is -2.38. The number of aliphatic imine (C=N–C) groups is 1. The molecule has 0 bridgehead atoms. The van der Waals surface area contributed by atoms with E-state index < -0.39 is 0 Å². The Morgan fingerprint density at radius 2 is 2.29 bits per heavy atom. The van der Waals surface area contributed by atoms with Gasteiger partial charge in [0.2, 0.25) is 5.91 Å². The summed E-state index contributed by atoms with van der Waals surface area (Å²) in [5.74, 6) is 1.03. The Hall–Kier alpha value is -0.550. The number of hydrogen-bond donors (Lipinski definition) is 1. The van der Waals surface area contributed by atoms with Crippen LogP contribution in [0.4, 0.5) is 0 Å². The second-order valence-electron chi connectivity index (χ2n) is 3.04. The lowest BCUT2D eigenvalue weighted by Gasteiger charge is -2.16. The standard InChI is InChI=1S/C9H17N3OS/c1-3-12(4-2)7-8(13)11-9-10-5-6-14-9/h3-7H2,1-2H3,(H,10,11,13). The molecule has 1 heterocycles. The molecule has 0 radical (unpaired) electrons. The van der Waals surface area contributed by atoms with Crippen molar-refractivity contribution in [3.8, 4) is 0 Å². The average molecular weight is 215 g/mol. The van der Waals surface area contributed by atoms with Crippen LogP contribution in [0.15, 0.2) is 4.99 Å². The summed E-state index contributed by atoms with van der Waals surface area (Å²) in [4.78, 5) is 17.7. The second-order valence-corrected chi connectivity index (χ2v) is 4.13. The third-order valence-electron chi connectivity index (χ3n) is 2.09. The fourth-order valence-corrected chi connectivity index (χ4v) is 1.96. The summed E-state index contributed by atoms with van der Waals surface area (Å²) in [6.45, 7) is 7.21. The highest BCUT2D eigenvalue weighted by molar-refractivity contribution is 8.14. The molecular weight excluding hydrogens is 198 g/mol. The third kappa shape index (κ3) is 3.67. The lowest BCUT2D eigenvalue weighted by molar-refractivity contribution is -0.120. The number of likely N-dealkylation sites (N-methyl/N-ethyl adjacent to an activating group) is 1. The molecule has 0 atom stereocenters. The average Bonchev–Trinajstić information content (AvgIpc) is 2.66. The number of nitrogens with zero attached hydrogens (tertiary/aromatic N) is 2. The van der Waals surface area contributed by atoms with E-state index in [9.17, 15) is 4.79 Å². The summed E-state index contributed by atoms with van der Waals surface area (Å²) in [6, 6.07) is 0. The monoisotopic (exact) mass is 215 g/mol. The minimum absolute atomic E-state index is 0.0434. The van der Waals surface area contributed by atoms with Crippen molar-refractivity contribution in [2.45, 2.75) is 13.8 Å². The molecule has 0 aliphatic carbocycles. The van der Waals surface area contributed by atoms with Gasteiger partial charge < -0.3 is 5.32 Å². The zero-order valence-corrected chi connectivity index (χ0v) is 9.56. The number of thioether (sulfide) groups is 1. The topological polar surface area (TPSA) is 44.7 Å². The van der Waals surface area contributed by atoms with Gasteiger partial charge in [-0.15, -0.1) is 0 Å². The SMILES string of the molecule is CCN(CC)CC(=O)NC1=NCCS1. The van der Waals surface area contributed by atoms with Crippen molar-refractivity contribution in [3.05, 3.63) is 0 Å². The van der Waals surface area contributed by atoms with Gasteiger partial charge in [-0.2, -0.15) is 0 Å². The summed E-state index contributed by atoms with van der Waals surface area (Å²) in [5.41, 5.74) is 0. The van der Waals surface area contributed by atoms with E-state index >= 15 is 0 Å². The Bertz CT molecular complexity index is 226. The Morgan fingerprint density at radius 1 is 1.57 bits per heavy atom. The predicted molar refractivity (Wildman–Crippen MR) is 60.7 cm³/mol. The minimum Gasteiger partial charge on any atom is -0.304 e. The van der Waals surface area contributed by atoms with Crippen molar-refractivity contribution in [3.63, 3.8) is 0 Å². The van der Waals surface area contributed by atoms with Crippen molar-refractivity contribution in [1.29, 1.82) is 0 Å². The van der Waals surface area contributed by atoms with Crippen LogP contribution in [0.1, 0.15) is 13.8 Å². The molecule has 0 aromatic carbocycles. The third-order valence-corrected chi connectivity index (χ3v) is 2.98. The van der Waals surface area contributed by atoms with Crippen LogP contribution in [-0.4, -0.2) is 47.9 Å². The van der Waals surface area contributed by atoms with Crippen LogP contribution in [0.25, 0.3) is 0 Å². The zero-order valence-electron chi connectivity index (χ0n) is 8.75. The van der Waals surface area contributed by atoms with Gasteiger partial charge in [-0.05, 0) is 13.1 Å². The molecule has 0 saturated heterocycles. The largest absolute Gasteiger partial charge is 0.304 e. The first-order valence-electron chi connectivity index (χ1n) is 4.95. The Kier molecular flexibility index (Phi) is 4.97. The van der Waals surface area contributed by atoms with Crippen LogP contribution >= 0.6 is 11.8 Å². The van der Waals surface area contributed by atoms with Gasteiger partial charge in [0.15, 0.2) is 5.17 Å². The zero-order chi connectivity index (χ0) is 10.4. The number of carbonyl (C=O) groups is 1. The van der Waals surface area contributed by atoms with Gasteiger partial charge in [-0.25, -0.2) is 0 Å². The highest BCUT2D eigenvalue weighted by atomic mass is 32.2. The van der Waals surface area contributed by atoms with Gasteiger partial charge >= 0.3 is 0 Å². The first-order chi connectivity index (χ1) is 6.76.